The zero-order valence-corrected chi connectivity index (χ0v) is 15.5. The molecule has 2 N–H and O–H groups in total. The third-order valence-electron chi connectivity index (χ3n) is 4.52. The number of nitrogens with zero attached hydrogens (tertiary/aromatic N) is 2. The van der Waals surface area contributed by atoms with Gasteiger partial charge in [-0.2, -0.15) is 0 Å². The molecule has 1 aliphatic rings. The Morgan fingerprint density at radius 1 is 1.16 bits per heavy atom. The summed E-state index contributed by atoms with van der Waals surface area (Å²) in [4.78, 5) is 28.2. The lowest BCUT2D eigenvalue weighted by atomic mass is 9.97. The molecule has 0 spiro atoms. The summed E-state index contributed by atoms with van der Waals surface area (Å²) in [5, 5.41) is 5.05. The fraction of sp³-hybridized carbons (Fsp3) is 0.579. The number of piperazine rings is 1. The molecule has 6 nitrogen and oxygen atoms in total. The molecule has 1 fully saturated rings. The van der Waals surface area contributed by atoms with Crippen molar-refractivity contribution in [3.63, 3.8) is 0 Å². The summed E-state index contributed by atoms with van der Waals surface area (Å²) in [6, 6.07) is 10.0. The Morgan fingerprint density at radius 3 is 2.52 bits per heavy atom. The molecular formula is C19H30N4O2. The highest BCUT2D eigenvalue weighted by Gasteiger charge is 2.34. The minimum atomic E-state index is -0.408. The van der Waals surface area contributed by atoms with Crippen LogP contribution in [0.3, 0.4) is 0 Å². The lowest BCUT2D eigenvalue weighted by molar-refractivity contribution is -0.122. The van der Waals surface area contributed by atoms with E-state index < -0.39 is 6.03 Å². The first-order valence-corrected chi connectivity index (χ1v) is 8.99. The highest BCUT2D eigenvalue weighted by molar-refractivity contribution is 5.95. The molecule has 0 aromatic heterocycles. The molecule has 0 aliphatic carbocycles. The van der Waals surface area contributed by atoms with E-state index in [0.29, 0.717) is 6.54 Å². The van der Waals surface area contributed by atoms with Crippen LogP contribution in [-0.4, -0.2) is 60.0 Å². The van der Waals surface area contributed by atoms with Crippen LogP contribution in [0.5, 0.6) is 0 Å². The van der Waals surface area contributed by atoms with E-state index in [1.807, 2.05) is 13.0 Å². The van der Waals surface area contributed by atoms with Crippen molar-refractivity contribution in [2.24, 2.45) is 0 Å². The predicted molar refractivity (Wildman–Crippen MR) is 99.2 cm³/mol. The summed E-state index contributed by atoms with van der Waals surface area (Å²) < 4.78 is 0. The quantitative estimate of drug-likeness (QED) is 0.825. The topological polar surface area (TPSA) is 64.7 Å². The summed E-state index contributed by atoms with van der Waals surface area (Å²) in [7, 11) is 0. The van der Waals surface area contributed by atoms with E-state index in [1.165, 1.54) is 5.56 Å². The summed E-state index contributed by atoms with van der Waals surface area (Å²) in [6.07, 6.45) is 0.846. The van der Waals surface area contributed by atoms with Gasteiger partial charge in [0.15, 0.2) is 0 Å². The maximum atomic E-state index is 12.0. The Balaban J connectivity index is 1.83. The van der Waals surface area contributed by atoms with Crippen LogP contribution in [0.25, 0.3) is 0 Å². The number of benzene rings is 1. The van der Waals surface area contributed by atoms with Crippen molar-refractivity contribution in [3.8, 4) is 0 Å². The number of carbonyl (C=O) groups is 2. The second-order valence-corrected chi connectivity index (χ2v) is 7.23. The number of rotatable bonds is 6. The third-order valence-corrected chi connectivity index (χ3v) is 4.52. The molecule has 1 aromatic rings. The Bertz CT molecular complexity index is 574. The Hall–Kier alpha value is -1.92. The van der Waals surface area contributed by atoms with Crippen molar-refractivity contribution in [3.05, 3.63) is 35.9 Å². The number of hydrogen-bond acceptors (Lipinski definition) is 4. The molecule has 0 radical (unpaired) electrons. The van der Waals surface area contributed by atoms with E-state index in [-0.39, 0.29) is 18.0 Å². The van der Waals surface area contributed by atoms with Gasteiger partial charge in [0.2, 0.25) is 5.91 Å². The number of urea groups is 1. The fourth-order valence-corrected chi connectivity index (χ4v) is 3.17. The first-order valence-electron chi connectivity index (χ1n) is 8.99. The van der Waals surface area contributed by atoms with Gasteiger partial charge in [0, 0.05) is 38.3 Å². The normalized spacial score (nSPS) is 17.9. The zero-order chi connectivity index (χ0) is 18.3. The SMILES string of the molecule is CCCNC(=O)NC(=O)CN1CCN(Cc2ccccc2)C(C)(C)C1. The first kappa shape index (κ1) is 19.4. The maximum Gasteiger partial charge on any atom is 0.321 e. The van der Waals surface area contributed by atoms with Gasteiger partial charge < -0.3 is 5.32 Å². The molecule has 25 heavy (non-hydrogen) atoms. The number of amides is 3. The number of imide groups is 1. The number of carbonyl (C=O) groups excluding carboxylic acids is 2. The van der Waals surface area contributed by atoms with Gasteiger partial charge in [0.25, 0.3) is 0 Å². The lowest BCUT2D eigenvalue weighted by Crippen LogP contribution is -2.60. The van der Waals surface area contributed by atoms with Gasteiger partial charge in [0.05, 0.1) is 6.54 Å². The second kappa shape index (κ2) is 8.97. The highest BCUT2D eigenvalue weighted by Crippen LogP contribution is 2.23. The van der Waals surface area contributed by atoms with Gasteiger partial charge in [-0.25, -0.2) is 4.79 Å². The van der Waals surface area contributed by atoms with Crippen LogP contribution in [0, 0.1) is 0 Å². The lowest BCUT2D eigenvalue weighted by Gasteiger charge is -2.47. The van der Waals surface area contributed by atoms with E-state index in [1.54, 1.807) is 0 Å². The molecule has 1 aliphatic heterocycles. The summed E-state index contributed by atoms with van der Waals surface area (Å²) >= 11 is 0. The van der Waals surface area contributed by atoms with Crippen molar-refractivity contribution >= 4 is 11.9 Å². The van der Waals surface area contributed by atoms with Crippen LogP contribution < -0.4 is 10.6 Å². The molecule has 0 unspecified atom stereocenters. The number of nitrogens with one attached hydrogen (secondary N) is 2. The Kier molecular flexibility index (Phi) is 6.96. The van der Waals surface area contributed by atoms with Gasteiger partial charge >= 0.3 is 6.03 Å². The Labute approximate surface area is 150 Å². The molecule has 3 amide bonds. The van der Waals surface area contributed by atoms with Crippen LogP contribution in [-0.2, 0) is 11.3 Å². The van der Waals surface area contributed by atoms with E-state index in [4.69, 9.17) is 0 Å². The van der Waals surface area contributed by atoms with Crippen molar-refractivity contribution in [2.75, 3.05) is 32.7 Å². The number of hydrogen-bond donors (Lipinski definition) is 2. The van der Waals surface area contributed by atoms with Crippen LogP contribution >= 0.6 is 0 Å². The Morgan fingerprint density at radius 2 is 1.88 bits per heavy atom. The van der Waals surface area contributed by atoms with Gasteiger partial charge in [-0.3, -0.25) is 19.9 Å². The predicted octanol–water partition coefficient (Wildman–Crippen LogP) is 1.82. The zero-order valence-electron chi connectivity index (χ0n) is 15.5. The van der Waals surface area contributed by atoms with Gasteiger partial charge in [-0.15, -0.1) is 0 Å². The monoisotopic (exact) mass is 346 g/mol. The van der Waals surface area contributed by atoms with Crippen LogP contribution in [0.15, 0.2) is 30.3 Å². The molecule has 1 heterocycles. The largest absolute Gasteiger partial charge is 0.338 e. The molecule has 138 valence electrons. The fourth-order valence-electron chi connectivity index (χ4n) is 3.17. The smallest absolute Gasteiger partial charge is 0.321 e. The van der Waals surface area contributed by atoms with Gasteiger partial charge in [-0.05, 0) is 25.8 Å². The second-order valence-electron chi connectivity index (χ2n) is 7.23. The van der Waals surface area contributed by atoms with Crippen molar-refractivity contribution in [1.82, 2.24) is 20.4 Å². The standard InChI is InChI=1S/C19H30N4O2/c1-4-10-20-18(25)21-17(24)14-22-11-12-23(19(2,3)15-22)13-16-8-6-5-7-9-16/h5-9H,4,10-15H2,1-3H3,(H2,20,21,24,25). The van der Waals surface area contributed by atoms with Crippen molar-refractivity contribution in [2.45, 2.75) is 39.3 Å². The summed E-state index contributed by atoms with van der Waals surface area (Å²) in [5.74, 6) is -0.249. The van der Waals surface area contributed by atoms with E-state index in [0.717, 1.165) is 32.6 Å². The molecule has 2 rings (SSSR count). The van der Waals surface area contributed by atoms with Gasteiger partial charge in [0.1, 0.15) is 0 Å². The molecule has 1 saturated heterocycles. The molecular weight excluding hydrogens is 316 g/mol. The average Bonchev–Trinajstić information content (AvgIpc) is 2.56. The van der Waals surface area contributed by atoms with E-state index in [9.17, 15) is 9.59 Å². The maximum absolute atomic E-state index is 12.0. The summed E-state index contributed by atoms with van der Waals surface area (Å²) in [6.45, 7) is 10.6. The highest BCUT2D eigenvalue weighted by atomic mass is 16.2. The third kappa shape index (κ3) is 6.14. The average molecular weight is 346 g/mol. The summed E-state index contributed by atoms with van der Waals surface area (Å²) in [5.41, 5.74) is 1.27. The minimum Gasteiger partial charge on any atom is -0.338 e. The van der Waals surface area contributed by atoms with Crippen LogP contribution in [0.1, 0.15) is 32.8 Å². The van der Waals surface area contributed by atoms with Crippen LogP contribution in [0.2, 0.25) is 0 Å². The van der Waals surface area contributed by atoms with E-state index in [2.05, 4.69) is 58.5 Å². The molecule has 0 bridgehead atoms. The van der Waals surface area contributed by atoms with Crippen LogP contribution in [0.4, 0.5) is 4.79 Å². The molecule has 0 saturated carbocycles. The van der Waals surface area contributed by atoms with Gasteiger partial charge in [-0.1, -0.05) is 37.3 Å². The molecule has 0 atom stereocenters. The molecule has 1 aromatic carbocycles. The van der Waals surface area contributed by atoms with E-state index >= 15 is 0 Å². The van der Waals surface area contributed by atoms with Crippen molar-refractivity contribution in [1.29, 1.82) is 0 Å². The first-order chi connectivity index (χ1) is 11.9. The minimum absolute atomic E-state index is 0.0289. The van der Waals surface area contributed by atoms with Crippen molar-refractivity contribution < 1.29 is 9.59 Å². The molecule has 6 heteroatoms.